The van der Waals surface area contributed by atoms with Crippen molar-refractivity contribution in [3.63, 3.8) is 0 Å². The predicted molar refractivity (Wildman–Crippen MR) is 79.2 cm³/mol. The van der Waals surface area contributed by atoms with Crippen LogP contribution >= 0.6 is 22.9 Å². The van der Waals surface area contributed by atoms with Gasteiger partial charge in [-0.3, -0.25) is 0 Å². The van der Waals surface area contributed by atoms with Gasteiger partial charge in [0.15, 0.2) is 0 Å². The van der Waals surface area contributed by atoms with Crippen LogP contribution in [0.5, 0.6) is 0 Å². The van der Waals surface area contributed by atoms with Gasteiger partial charge in [0, 0.05) is 9.90 Å². The molecule has 0 spiro atoms. The summed E-state index contributed by atoms with van der Waals surface area (Å²) in [5, 5.41) is 2.37. The Bertz CT molecular complexity index is 666. The summed E-state index contributed by atoms with van der Waals surface area (Å²) in [5.74, 6) is 0. The summed E-state index contributed by atoms with van der Waals surface area (Å²) in [6.45, 7) is 3.52. The molecule has 1 aromatic carbocycles. The molecule has 2 aromatic rings. The molecule has 0 aliphatic rings. The molecule has 1 aromatic heterocycles. The number of thiophene rings is 1. The monoisotopic (exact) mass is 315 g/mol. The lowest BCUT2D eigenvalue weighted by atomic mass is 10.2. The van der Waals surface area contributed by atoms with Crippen LogP contribution in [0.3, 0.4) is 0 Å². The van der Waals surface area contributed by atoms with Crippen LogP contribution in [0.4, 0.5) is 0 Å². The smallest absolute Gasteiger partial charge is 0.207 e. The normalized spacial score (nSPS) is 13.4. The molecule has 0 aliphatic heterocycles. The van der Waals surface area contributed by atoms with E-state index in [1.807, 2.05) is 24.4 Å². The molecule has 1 atom stereocenters. The van der Waals surface area contributed by atoms with Gasteiger partial charge in [-0.15, -0.1) is 11.3 Å². The van der Waals surface area contributed by atoms with Crippen molar-refractivity contribution in [2.75, 3.05) is 0 Å². The third-order valence-corrected chi connectivity index (χ3v) is 5.96. The van der Waals surface area contributed by atoms with E-state index < -0.39 is 10.0 Å². The first kappa shape index (κ1) is 14.5. The van der Waals surface area contributed by atoms with Gasteiger partial charge < -0.3 is 0 Å². The maximum absolute atomic E-state index is 12.3. The second kappa shape index (κ2) is 5.63. The van der Waals surface area contributed by atoms with Gasteiger partial charge in [0.25, 0.3) is 0 Å². The molecule has 2 rings (SSSR count). The Hall–Kier alpha value is -0.880. The molecule has 3 nitrogen and oxygen atoms in total. The van der Waals surface area contributed by atoms with Gasteiger partial charge in [-0.25, -0.2) is 13.1 Å². The van der Waals surface area contributed by atoms with Gasteiger partial charge in [0.1, 0.15) is 0 Å². The van der Waals surface area contributed by atoms with Crippen LogP contribution in [-0.4, -0.2) is 8.42 Å². The van der Waals surface area contributed by atoms with Gasteiger partial charge in [0.2, 0.25) is 10.0 Å². The maximum atomic E-state index is 12.3. The molecular formula is C13H14ClNO2S2. The molecule has 1 heterocycles. The summed E-state index contributed by atoms with van der Waals surface area (Å²) in [5.41, 5.74) is 0.565. The molecule has 102 valence electrons. The number of halogens is 1. The lowest BCUT2D eigenvalue weighted by Crippen LogP contribution is -2.27. The zero-order chi connectivity index (χ0) is 14.0. The highest BCUT2D eigenvalue weighted by Gasteiger charge is 2.21. The largest absolute Gasteiger partial charge is 0.241 e. The van der Waals surface area contributed by atoms with E-state index in [4.69, 9.17) is 11.6 Å². The van der Waals surface area contributed by atoms with Gasteiger partial charge in [0.05, 0.1) is 10.9 Å². The molecule has 6 heteroatoms. The lowest BCUT2D eigenvalue weighted by molar-refractivity contribution is 0.568. The van der Waals surface area contributed by atoms with Gasteiger partial charge in [-0.05, 0) is 43.0 Å². The molecule has 0 saturated heterocycles. The summed E-state index contributed by atoms with van der Waals surface area (Å²) in [7, 11) is -3.57. The van der Waals surface area contributed by atoms with Gasteiger partial charge >= 0.3 is 0 Å². The molecule has 1 unspecified atom stereocenters. The third-order valence-electron chi connectivity index (χ3n) is 2.81. The topological polar surface area (TPSA) is 46.2 Å². The number of hydrogen-bond donors (Lipinski definition) is 1. The van der Waals surface area contributed by atoms with Crippen LogP contribution in [0, 0.1) is 6.92 Å². The van der Waals surface area contributed by atoms with Crippen LogP contribution in [-0.2, 0) is 10.0 Å². The van der Waals surface area contributed by atoms with E-state index in [0.717, 1.165) is 4.88 Å². The van der Waals surface area contributed by atoms with E-state index in [0.29, 0.717) is 10.6 Å². The molecule has 0 bridgehead atoms. The van der Waals surface area contributed by atoms with Gasteiger partial charge in [-0.2, -0.15) is 0 Å². The maximum Gasteiger partial charge on any atom is 0.241 e. The number of hydrogen-bond acceptors (Lipinski definition) is 3. The van der Waals surface area contributed by atoms with Crippen LogP contribution in [0.1, 0.15) is 23.4 Å². The molecule has 0 saturated carbocycles. The second-order valence-corrected chi connectivity index (χ2v) is 7.29. The van der Waals surface area contributed by atoms with E-state index in [-0.39, 0.29) is 10.9 Å². The molecule has 0 aliphatic carbocycles. The van der Waals surface area contributed by atoms with Crippen LogP contribution in [0.25, 0.3) is 0 Å². The number of rotatable bonds is 4. The summed E-state index contributed by atoms with van der Waals surface area (Å²) in [6, 6.07) is 8.42. The first-order valence-electron chi connectivity index (χ1n) is 5.72. The number of nitrogens with one attached hydrogen (secondary N) is 1. The van der Waals surface area contributed by atoms with Crippen molar-refractivity contribution in [2.24, 2.45) is 0 Å². The Morgan fingerprint density at radius 1 is 1.26 bits per heavy atom. The summed E-state index contributed by atoms with van der Waals surface area (Å²) in [6.07, 6.45) is 0. The molecule has 19 heavy (non-hydrogen) atoms. The Balaban J connectivity index is 2.31. The second-order valence-electron chi connectivity index (χ2n) is 4.22. The van der Waals surface area contributed by atoms with Gasteiger partial charge in [-0.1, -0.05) is 23.7 Å². The Morgan fingerprint density at radius 2 is 2.00 bits per heavy atom. The molecular weight excluding hydrogens is 302 g/mol. The minimum Gasteiger partial charge on any atom is -0.207 e. The SMILES string of the molecule is Cc1c(Cl)cccc1S(=O)(=O)NC(C)c1cccs1. The van der Waals surface area contributed by atoms with Crippen molar-refractivity contribution in [1.29, 1.82) is 0 Å². The molecule has 0 fully saturated rings. The fourth-order valence-corrected chi connectivity index (χ4v) is 4.30. The molecule has 1 N–H and O–H groups in total. The Labute approximate surface area is 122 Å². The quantitative estimate of drug-likeness (QED) is 0.934. The van der Waals surface area contributed by atoms with Crippen LogP contribution < -0.4 is 4.72 Å². The first-order valence-corrected chi connectivity index (χ1v) is 8.47. The average Bonchev–Trinajstić information content (AvgIpc) is 2.85. The Morgan fingerprint density at radius 3 is 2.63 bits per heavy atom. The fourth-order valence-electron chi connectivity index (χ4n) is 1.77. The lowest BCUT2D eigenvalue weighted by Gasteiger charge is -2.14. The van der Waals surface area contributed by atoms with Crippen LogP contribution in [0.15, 0.2) is 40.6 Å². The van der Waals surface area contributed by atoms with Crippen molar-refractivity contribution in [1.82, 2.24) is 4.72 Å². The van der Waals surface area contributed by atoms with Crippen molar-refractivity contribution < 1.29 is 8.42 Å². The third kappa shape index (κ3) is 3.17. The molecule has 0 amide bonds. The minimum absolute atomic E-state index is 0.225. The van der Waals surface area contributed by atoms with E-state index in [9.17, 15) is 8.42 Å². The highest BCUT2D eigenvalue weighted by Crippen LogP contribution is 2.25. The highest BCUT2D eigenvalue weighted by atomic mass is 35.5. The van der Waals surface area contributed by atoms with Crippen molar-refractivity contribution in [2.45, 2.75) is 24.8 Å². The number of sulfonamides is 1. The summed E-state index contributed by atoms with van der Waals surface area (Å²) >= 11 is 7.49. The van der Waals surface area contributed by atoms with Crippen molar-refractivity contribution >= 4 is 33.0 Å². The van der Waals surface area contributed by atoms with E-state index in [1.165, 1.54) is 11.3 Å². The average molecular weight is 316 g/mol. The number of benzene rings is 1. The van der Waals surface area contributed by atoms with Crippen molar-refractivity contribution in [3.8, 4) is 0 Å². The van der Waals surface area contributed by atoms with E-state index in [1.54, 1.807) is 25.1 Å². The minimum atomic E-state index is -3.57. The zero-order valence-electron chi connectivity index (χ0n) is 10.6. The Kier molecular flexibility index (Phi) is 4.30. The van der Waals surface area contributed by atoms with Crippen LogP contribution in [0.2, 0.25) is 5.02 Å². The fraction of sp³-hybridized carbons (Fsp3) is 0.231. The predicted octanol–water partition coefficient (Wildman–Crippen LogP) is 3.75. The summed E-state index contributed by atoms with van der Waals surface area (Å²) in [4.78, 5) is 1.20. The first-order chi connectivity index (χ1) is 8.92. The van der Waals surface area contributed by atoms with Crippen molar-refractivity contribution in [3.05, 3.63) is 51.2 Å². The van der Waals surface area contributed by atoms with E-state index >= 15 is 0 Å². The highest BCUT2D eigenvalue weighted by molar-refractivity contribution is 7.89. The zero-order valence-corrected chi connectivity index (χ0v) is 12.9. The summed E-state index contributed by atoms with van der Waals surface area (Å²) < 4.78 is 27.4. The molecule has 0 radical (unpaired) electrons. The standard InChI is InChI=1S/C13H14ClNO2S2/c1-9-11(14)5-3-7-13(9)19(16,17)15-10(2)12-6-4-8-18-12/h3-8,10,15H,1-2H3. The van der Waals surface area contributed by atoms with E-state index in [2.05, 4.69) is 4.72 Å².